The van der Waals surface area contributed by atoms with Crippen LogP contribution in [-0.2, 0) is 11.2 Å². The SMILES string of the molecule is CCc1ccc(C2CNCCN2CC(=O)Nc2c(C)cccc2[N+](=O)[O-])cc1.Cl. The van der Waals surface area contributed by atoms with Gasteiger partial charge in [0, 0.05) is 31.7 Å². The number of aryl methyl sites for hydroxylation is 2. The highest BCUT2D eigenvalue weighted by atomic mass is 35.5. The second-order valence-electron chi connectivity index (χ2n) is 7.06. The van der Waals surface area contributed by atoms with Crippen molar-refractivity contribution in [1.29, 1.82) is 0 Å². The molecule has 0 saturated carbocycles. The Morgan fingerprint density at radius 1 is 1.28 bits per heavy atom. The molecule has 8 heteroatoms. The Morgan fingerprint density at radius 3 is 2.66 bits per heavy atom. The first kappa shape index (κ1) is 22.8. The number of nitro groups is 1. The summed E-state index contributed by atoms with van der Waals surface area (Å²) in [6.45, 7) is 6.38. The smallest absolute Gasteiger partial charge is 0.293 e. The van der Waals surface area contributed by atoms with Gasteiger partial charge < -0.3 is 10.6 Å². The fourth-order valence-corrected chi connectivity index (χ4v) is 3.57. The standard InChI is InChI=1S/C21H26N4O3.ClH/c1-3-16-7-9-17(10-8-16)19-13-22-11-12-24(19)14-20(26)23-21-15(2)5-4-6-18(21)25(27)28;/h4-10,19,22H,3,11-14H2,1-2H3,(H,23,26);1H. The van der Waals surface area contributed by atoms with Crippen LogP contribution in [0.25, 0.3) is 0 Å². The molecule has 156 valence electrons. The van der Waals surface area contributed by atoms with Gasteiger partial charge in [-0.2, -0.15) is 0 Å². The molecule has 0 spiro atoms. The van der Waals surface area contributed by atoms with Crippen LogP contribution in [0.2, 0.25) is 0 Å². The normalized spacial score (nSPS) is 16.7. The van der Waals surface area contributed by atoms with Crippen LogP contribution in [0.4, 0.5) is 11.4 Å². The summed E-state index contributed by atoms with van der Waals surface area (Å²) in [6, 6.07) is 13.4. The van der Waals surface area contributed by atoms with Crippen molar-refractivity contribution in [3.8, 4) is 0 Å². The minimum absolute atomic E-state index is 0. The lowest BCUT2D eigenvalue weighted by molar-refractivity contribution is -0.384. The van der Waals surface area contributed by atoms with Gasteiger partial charge in [-0.1, -0.05) is 43.3 Å². The third-order valence-electron chi connectivity index (χ3n) is 5.19. The van der Waals surface area contributed by atoms with Crippen molar-refractivity contribution in [1.82, 2.24) is 10.2 Å². The van der Waals surface area contributed by atoms with Gasteiger partial charge in [-0.05, 0) is 30.0 Å². The highest BCUT2D eigenvalue weighted by Gasteiger charge is 2.26. The molecule has 3 rings (SSSR count). The summed E-state index contributed by atoms with van der Waals surface area (Å²) in [5, 5.41) is 17.4. The molecule has 1 aliphatic heterocycles. The molecule has 0 bridgehead atoms. The van der Waals surface area contributed by atoms with E-state index in [2.05, 4.69) is 46.7 Å². The van der Waals surface area contributed by atoms with Crippen LogP contribution in [-0.4, -0.2) is 41.9 Å². The van der Waals surface area contributed by atoms with Gasteiger partial charge in [-0.25, -0.2) is 0 Å². The third-order valence-corrected chi connectivity index (χ3v) is 5.19. The second kappa shape index (κ2) is 10.3. The van der Waals surface area contributed by atoms with Gasteiger partial charge in [-0.15, -0.1) is 12.4 Å². The Morgan fingerprint density at radius 2 is 2.00 bits per heavy atom. The molecule has 1 fully saturated rings. The third kappa shape index (κ3) is 5.53. The van der Waals surface area contributed by atoms with Crippen molar-refractivity contribution in [2.45, 2.75) is 26.3 Å². The average molecular weight is 419 g/mol. The van der Waals surface area contributed by atoms with Gasteiger partial charge in [-0.3, -0.25) is 19.8 Å². The van der Waals surface area contributed by atoms with Gasteiger partial charge in [0.15, 0.2) is 0 Å². The number of nitrogens with one attached hydrogen (secondary N) is 2. The molecule has 2 N–H and O–H groups in total. The monoisotopic (exact) mass is 418 g/mol. The lowest BCUT2D eigenvalue weighted by Gasteiger charge is -2.36. The molecule has 7 nitrogen and oxygen atoms in total. The van der Waals surface area contributed by atoms with Crippen LogP contribution < -0.4 is 10.6 Å². The van der Waals surface area contributed by atoms with Crippen molar-refractivity contribution >= 4 is 29.7 Å². The van der Waals surface area contributed by atoms with E-state index in [1.807, 2.05) is 0 Å². The highest BCUT2D eigenvalue weighted by molar-refractivity contribution is 5.95. The predicted octanol–water partition coefficient (Wildman–Crippen LogP) is 3.47. The summed E-state index contributed by atoms with van der Waals surface area (Å²) in [7, 11) is 0. The minimum atomic E-state index is -0.467. The zero-order chi connectivity index (χ0) is 20.1. The van der Waals surface area contributed by atoms with E-state index in [-0.39, 0.29) is 42.3 Å². The second-order valence-corrected chi connectivity index (χ2v) is 7.06. The van der Waals surface area contributed by atoms with Crippen LogP contribution in [0, 0.1) is 17.0 Å². The van der Waals surface area contributed by atoms with Crippen molar-refractivity contribution in [2.75, 3.05) is 31.5 Å². The lowest BCUT2D eigenvalue weighted by atomic mass is 10.0. The first-order valence-electron chi connectivity index (χ1n) is 9.57. The first-order valence-corrected chi connectivity index (χ1v) is 9.57. The molecule has 1 saturated heterocycles. The van der Waals surface area contributed by atoms with Gasteiger partial charge in [0.2, 0.25) is 5.91 Å². The number of nitro benzene ring substituents is 1. The van der Waals surface area contributed by atoms with E-state index in [0.29, 0.717) is 5.56 Å². The highest BCUT2D eigenvalue weighted by Crippen LogP contribution is 2.28. The Hall–Kier alpha value is -2.48. The number of nitrogens with zero attached hydrogens (tertiary/aromatic N) is 2. The molecule has 1 heterocycles. The average Bonchev–Trinajstić information content (AvgIpc) is 2.70. The van der Waals surface area contributed by atoms with Crippen molar-refractivity contribution in [3.63, 3.8) is 0 Å². The number of benzene rings is 2. The van der Waals surface area contributed by atoms with E-state index in [1.165, 1.54) is 17.2 Å². The maximum atomic E-state index is 12.7. The maximum absolute atomic E-state index is 12.7. The Bertz CT molecular complexity index is 858. The molecule has 2 aromatic rings. The van der Waals surface area contributed by atoms with Crippen molar-refractivity contribution < 1.29 is 9.72 Å². The molecule has 1 aliphatic rings. The summed E-state index contributed by atoms with van der Waals surface area (Å²) in [5.41, 5.74) is 3.31. The number of halogens is 1. The van der Waals surface area contributed by atoms with E-state index < -0.39 is 4.92 Å². The summed E-state index contributed by atoms with van der Waals surface area (Å²) in [4.78, 5) is 25.6. The molecule has 29 heavy (non-hydrogen) atoms. The zero-order valence-corrected chi connectivity index (χ0v) is 17.5. The molecule has 0 radical (unpaired) electrons. The summed E-state index contributed by atoms with van der Waals surface area (Å²) in [5.74, 6) is -0.241. The van der Waals surface area contributed by atoms with Crippen LogP contribution in [0.3, 0.4) is 0 Å². The van der Waals surface area contributed by atoms with Gasteiger partial charge in [0.1, 0.15) is 5.69 Å². The van der Waals surface area contributed by atoms with Gasteiger partial charge in [0.05, 0.1) is 11.5 Å². The number of amides is 1. The van der Waals surface area contributed by atoms with Crippen LogP contribution in [0.5, 0.6) is 0 Å². The molecular formula is C21H27ClN4O3. The molecule has 2 aromatic carbocycles. The Labute approximate surface area is 177 Å². The molecule has 0 aliphatic carbocycles. The molecule has 0 aromatic heterocycles. The van der Waals surface area contributed by atoms with E-state index in [9.17, 15) is 14.9 Å². The molecule has 1 amide bonds. The number of rotatable bonds is 6. The number of carbonyl (C=O) groups excluding carboxylic acids is 1. The van der Waals surface area contributed by atoms with Crippen LogP contribution >= 0.6 is 12.4 Å². The molecular weight excluding hydrogens is 392 g/mol. The van der Waals surface area contributed by atoms with Crippen LogP contribution in [0.15, 0.2) is 42.5 Å². The number of hydrogen-bond donors (Lipinski definition) is 2. The lowest BCUT2D eigenvalue weighted by Crippen LogP contribution is -2.48. The number of carbonyl (C=O) groups is 1. The fourth-order valence-electron chi connectivity index (χ4n) is 3.57. The minimum Gasteiger partial charge on any atom is -0.319 e. The van der Waals surface area contributed by atoms with E-state index >= 15 is 0 Å². The van der Waals surface area contributed by atoms with Gasteiger partial charge >= 0.3 is 0 Å². The van der Waals surface area contributed by atoms with E-state index in [1.54, 1.807) is 19.1 Å². The van der Waals surface area contributed by atoms with Gasteiger partial charge in [0.25, 0.3) is 5.69 Å². The van der Waals surface area contributed by atoms with Crippen molar-refractivity contribution in [2.24, 2.45) is 0 Å². The molecule has 1 atom stereocenters. The Balaban J connectivity index is 0.00000300. The topological polar surface area (TPSA) is 87.5 Å². The van der Waals surface area contributed by atoms with Crippen molar-refractivity contribution in [3.05, 3.63) is 69.3 Å². The summed E-state index contributed by atoms with van der Waals surface area (Å²) < 4.78 is 0. The van der Waals surface area contributed by atoms with E-state index in [0.717, 1.165) is 26.1 Å². The maximum Gasteiger partial charge on any atom is 0.293 e. The zero-order valence-electron chi connectivity index (χ0n) is 16.7. The fraction of sp³-hybridized carbons (Fsp3) is 0.381. The summed E-state index contributed by atoms with van der Waals surface area (Å²) >= 11 is 0. The van der Waals surface area contributed by atoms with E-state index in [4.69, 9.17) is 0 Å². The predicted molar refractivity (Wildman–Crippen MR) is 117 cm³/mol. The first-order chi connectivity index (χ1) is 13.5. The largest absolute Gasteiger partial charge is 0.319 e. The molecule has 1 unspecified atom stereocenters. The number of anilines is 1. The number of hydrogen-bond acceptors (Lipinski definition) is 5. The summed E-state index contributed by atoms with van der Waals surface area (Å²) in [6.07, 6.45) is 0.991. The number of piperazine rings is 1. The quantitative estimate of drug-likeness (QED) is 0.554. The van der Waals surface area contributed by atoms with Crippen LogP contribution in [0.1, 0.15) is 29.7 Å². The number of para-hydroxylation sites is 1. The Kier molecular flexibility index (Phi) is 8.13.